The third-order valence-electron chi connectivity index (χ3n) is 9.49. The Balaban J connectivity index is 1.62. The second-order valence-electron chi connectivity index (χ2n) is 13.7. The van der Waals surface area contributed by atoms with Crippen molar-refractivity contribution in [2.45, 2.75) is 82.5 Å². The highest BCUT2D eigenvalue weighted by Crippen LogP contribution is 2.40. The molecule has 7 N–H and O–H groups in total. The Hall–Kier alpha value is -4.37. The van der Waals surface area contributed by atoms with Crippen molar-refractivity contribution in [3.05, 3.63) is 71.8 Å². The SMILES string of the molecule is CC(C)(C)[N+]1(C(=O)[C@@H](O)[C@H](Cc2ccccc2)NC(=O)[C@H](CC(N)=O)NC(=O)OCc2ccccc2)C[C@@H](N2CCOCC2)C[C@H]1C(N)=O. The number of primary amides is 2. The minimum atomic E-state index is -1.81. The van der Waals surface area contributed by atoms with E-state index in [1.807, 2.05) is 26.8 Å². The van der Waals surface area contributed by atoms with Gasteiger partial charge >= 0.3 is 12.0 Å². The molecule has 2 saturated heterocycles. The van der Waals surface area contributed by atoms with Gasteiger partial charge < -0.3 is 36.7 Å². The van der Waals surface area contributed by atoms with Crippen LogP contribution in [0.25, 0.3) is 0 Å². The predicted octanol–water partition coefficient (Wildman–Crippen LogP) is 0.346. The van der Waals surface area contributed by atoms with Crippen molar-refractivity contribution < 1.29 is 43.0 Å². The van der Waals surface area contributed by atoms with E-state index >= 15 is 0 Å². The number of morpholine rings is 1. The number of ether oxygens (including phenoxy) is 2. The molecule has 4 rings (SSSR count). The first-order valence-corrected chi connectivity index (χ1v) is 16.5. The number of carbonyl (C=O) groups is 5. The van der Waals surface area contributed by atoms with Gasteiger partial charge in [0.2, 0.25) is 11.8 Å². The molecule has 2 aliphatic heterocycles. The number of nitrogens with zero attached hydrogens (tertiary/aromatic N) is 2. The number of aliphatic hydroxyl groups excluding tert-OH is 1. The van der Waals surface area contributed by atoms with Crippen LogP contribution in [0.15, 0.2) is 60.7 Å². The average Bonchev–Trinajstić information content (AvgIpc) is 3.50. The Morgan fingerprint density at radius 1 is 0.959 bits per heavy atom. The third-order valence-corrected chi connectivity index (χ3v) is 9.49. The molecular formula is C35H49N6O8+. The van der Waals surface area contributed by atoms with E-state index in [0.29, 0.717) is 43.9 Å². The molecule has 6 atom stereocenters. The first kappa shape index (κ1) is 37.4. The number of carbonyl (C=O) groups excluding carboxylic acids is 5. The standard InChI is InChI=1S/C35H48N6O8/c1-35(2,3)41(21-25(19-28(41)31(37)44)40-14-16-48-17-15-40)33(46)30(43)26(18-23-10-6-4-7-11-23)38-32(45)27(20-29(36)42)39-34(47)49-22-24-12-8-5-9-13-24/h4-13,25-28,30,43H,14-22H2,1-3H3,(H5-,36,37,38,39,42,44,45,47)/p+1/t25-,26-,27-,28-,30-,41?/m0/s1. The van der Waals surface area contributed by atoms with Crippen molar-refractivity contribution in [2.75, 3.05) is 32.8 Å². The number of amides is 5. The lowest BCUT2D eigenvalue weighted by atomic mass is 9.93. The Morgan fingerprint density at radius 3 is 2.10 bits per heavy atom. The van der Waals surface area contributed by atoms with E-state index in [4.69, 9.17) is 20.9 Å². The molecule has 1 unspecified atom stereocenters. The first-order chi connectivity index (χ1) is 23.2. The van der Waals surface area contributed by atoms with Crippen LogP contribution in [0.1, 0.15) is 44.7 Å². The Morgan fingerprint density at radius 2 is 1.55 bits per heavy atom. The van der Waals surface area contributed by atoms with Gasteiger partial charge in [0, 0.05) is 19.5 Å². The summed E-state index contributed by atoms with van der Waals surface area (Å²) < 4.78 is 10.3. The number of benzene rings is 2. The summed E-state index contributed by atoms with van der Waals surface area (Å²) in [6.45, 7) is 7.93. The van der Waals surface area contributed by atoms with Crippen molar-refractivity contribution in [3.8, 4) is 0 Å². The largest absolute Gasteiger partial charge is 0.445 e. The molecule has 0 aliphatic carbocycles. The molecule has 2 aliphatic rings. The zero-order chi connectivity index (χ0) is 35.8. The van der Waals surface area contributed by atoms with Crippen molar-refractivity contribution in [1.29, 1.82) is 0 Å². The zero-order valence-electron chi connectivity index (χ0n) is 28.4. The van der Waals surface area contributed by atoms with E-state index in [-0.39, 0.29) is 25.6 Å². The third kappa shape index (κ3) is 9.21. The number of nitrogens with two attached hydrogens (primary N) is 2. The molecule has 266 valence electrons. The van der Waals surface area contributed by atoms with Crippen LogP contribution in [-0.4, -0.2) is 113 Å². The fourth-order valence-corrected chi connectivity index (χ4v) is 6.95. The zero-order valence-corrected chi connectivity index (χ0v) is 28.4. The quantitative estimate of drug-likeness (QED) is 0.185. The Labute approximate surface area is 286 Å². The summed E-state index contributed by atoms with van der Waals surface area (Å²) in [6.07, 6.45) is -3.01. The van der Waals surface area contributed by atoms with E-state index in [0.717, 1.165) is 0 Å². The predicted molar refractivity (Wildman–Crippen MR) is 179 cm³/mol. The molecule has 5 amide bonds. The van der Waals surface area contributed by atoms with Crippen LogP contribution in [-0.2, 0) is 41.7 Å². The van der Waals surface area contributed by atoms with E-state index in [9.17, 15) is 29.1 Å². The van der Waals surface area contributed by atoms with Gasteiger partial charge in [0.1, 0.15) is 19.2 Å². The van der Waals surface area contributed by atoms with Crippen LogP contribution >= 0.6 is 0 Å². The van der Waals surface area contributed by atoms with Crippen LogP contribution in [0.3, 0.4) is 0 Å². The van der Waals surface area contributed by atoms with Crippen LogP contribution < -0.4 is 22.1 Å². The van der Waals surface area contributed by atoms with Gasteiger partial charge in [0.25, 0.3) is 5.91 Å². The molecular weight excluding hydrogens is 632 g/mol. The van der Waals surface area contributed by atoms with Crippen LogP contribution in [0.4, 0.5) is 4.79 Å². The number of hydrogen-bond donors (Lipinski definition) is 5. The summed E-state index contributed by atoms with van der Waals surface area (Å²) in [5, 5.41) is 17.0. The molecule has 2 aromatic rings. The molecule has 2 heterocycles. The Bertz CT molecular complexity index is 1460. The molecule has 0 spiro atoms. The molecule has 49 heavy (non-hydrogen) atoms. The van der Waals surface area contributed by atoms with Crippen molar-refractivity contribution in [1.82, 2.24) is 15.5 Å². The van der Waals surface area contributed by atoms with Gasteiger partial charge in [-0.3, -0.25) is 19.3 Å². The maximum absolute atomic E-state index is 14.8. The summed E-state index contributed by atoms with van der Waals surface area (Å²) in [7, 11) is 0. The van der Waals surface area contributed by atoms with Gasteiger partial charge in [-0.25, -0.2) is 14.1 Å². The number of nitrogens with one attached hydrogen (secondary N) is 2. The lowest BCUT2D eigenvalue weighted by Crippen LogP contribution is -2.73. The molecule has 0 radical (unpaired) electrons. The average molecular weight is 682 g/mol. The fourth-order valence-electron chi connectivity index (χ4n) is 6.95. The lowest BCUT2D eigenvalue weighted by molar-refractivity contribution is -0.905. The second-order valence-corrected chi connectivity index (χ2v) is 13.7. The number of likely N-dealkylation sites (tertiary alicyclic amines) is 1. The van der Waals surface area contributed by atoms with Gasteiger partial charge in [-0.2, -0.15) is 0 Å². The summed E-state index contributed by atoms with van der Waals surface area (Å²) in [6, 6.07) is 14.0. The normalized spacial score (nSPS) is 23.1. The van der Waals surface area contributed by atoms with Crippen LogP contribution in [0.2, 0.25) is 0 Å². The van der Waals surface area contributed by atoms with Crippen LogP contribution in [0, 0.1) is 0 Å². The number of hydrogen-bond acceptors (Lipinski definition) is 9. The molecule has 0 saturated carbocycles. The van der Waals surface area contributed by atoms with Crippen LogP contribution in [0.5, 0.6) is 0 Å². The highest BCUT2D eigenvalue weighted by atomic mass is 16.5. The maximum Gasteiger partial charge on any atom is 0.408 e. The van der Waals surface area contributed by atoms with E-state index in [1.165, 1.54) is 0 Å². The van der Waals surface area contributed by atoms with Crippen molar-refractivity contribution >= 4 is 29.7 Å². The molecule has 14 heteroatoms. The second kappa shape index (κ2) is 16.4. The monoisotopic (exact) mass is 681 g/mol. The van der Waals surface area contributed by atoms with E-state index in [1.54, 1.807) is 54.6 Å². The van der Waals surface area contributed by atoms with Gasteiger partial charge in [0.05, 0.1) is 37.3 Å². The fraction of sp³-hybridized carbons (Fsp3) is 0.514. The van der Waals surface area contributed by atoms with E-state index in [2.05, 4.69) is 15.5 Å². The number of quaternary nitrogens is 1. The first-order valence-electron chi connectivity index (χ1n) is 16.5. The smallest absolute Gasteiger partial charge is 0.408 e. The topological polar surface area (TPSA) is 203 Å². The number of alkyl carbamates (subject to hydrolysis) is 1. The maximum atomic E-state index is 14.8. The summed E-state index contributed by atoms with van der Waals surface area (Å²) in [4.78, 5) is 68.4. The highest BCUT2D eigenvalue weighted by molar-refractivity contribution is 5.91. The van der Waals surface area contributed by atoms with Crippen molar-refractivity contribution in [2.24, 2.45) is 11.5 Å². The van der Waals surface area contributed by atoms with Gasteiger partial charge in [-0.05, 0) is 38.3 Å². The lowest BCUT2D eigenvalue weighted by Gasteiger charge is -2.48. The summed E-state index contributed by atoms with van der Waals surface area (Å²) >= 11 is 0. The molecule has 0 bridgehead atoms. The highest BCUT2D eigenvalue weighted by Gasteiger charge is 2.63. The summed E-state index contributed by atoms with van der Waals surface area (Å²) in [5.74, 6) is -3.05. The minimum absolute atomic E-state index is 0.0134. The molecule has 0 aromatic heterocycles. The number of rotatable bonds is 13. The summed E-state index contributed by atoms with van der Waals surface area (Å²) in [5.41, 5.74) is 11.9. The molecule has 14 nitrogen and oxygen atoms in total. The minimum Gasteiger partial charge on any atom is -0.445 e. The molecule has 2 fully saturated rings. The van der Waals surface area contributed by atoms with E-state index < -0.39 is 70.4 Å². The van der Waals surface area contributed by atoms with Crippen molar-refractivity contribution in [3.63, 3.8) is 0 Å². The van der Waals surface area contributed by atoms with Gasteiger partial charge in [0.15, 0.2) is 12.1 Å². The Kier molecular flexibility index (Phi) is 12.5. The number of aliphatic hydroxyl groups is 1. The van der Waals surface area contributed by atoms with Gasteiger partial charge in [-0.1, -0.05) is 60.7 Å². The van der Waals surface area contributed by atoms with Gasteiger partial charge in [-0.15, -0.1) is 0 Å². The molecule has 2 aromatic carbocycles.